The molecule has 0 spiro atoms. The highest BCUT2D eigenvalue weighted by molar-refractivity contribution is 5.83. The number of benzene rings is 1. The molecule has 0 bridgehead atoms. The van der Waals surface area contributed by atoms with E-state index in [-0.39, 0.29) is 11.1 Å². The molecule has 1 atom stereocenters. The molecule has 1 N–H and O–H groups in total. The summed E-state index contributed by atoms with van der Waals surface area (Å²) in [6.45, 7) is 10.4. The van der Waals surface area contributed by atoms with Crippen LogP contribution in [0.3, 0.4) is 0 Å². The van der Waals surface area contributed by atoms with Crippen LogP contribution in [0.4, 0.5) is 0 Å². The Morgan fingerprint density at radius 1 is 1.03 bits per heavy atom. The molecular weight excluding hydrogens is 496 g/mol. The first-order valence-electron chi connectivity index (χ1n) is 13.3. The monoisotopic (exact) mass is 532 g/mol. The Morgan fingerprint density at radius 3 is 2.38 bits per heavy atom. The van der Waals surface area contributed by atoms with Crippen LogP contribution in [0.15, 0.2) is 47.5 Å². The number of hydrogen-bond acceptors (Lipinski definition) is 9. The Bertz CT molecular complexity index is 1480. The molecule has 1 saturated heterocycles. The number of piperazine rings is 1. The maximum atomic E-state index is 13.7. The SMILES string of the molecule is CCC(C)(C)n1nnnc1C(c1cc2cc(OC)c(OC)cc2[nH]c1=O)N1CCN(Cc2ccncc2)CC1. The maximum absolute atomic E-state index is 13.7. The van der Waals surface area contributed by atoms with E-state index in [1.54, 1.807) is 20.3 Å². The zero-order valence-corrected chi connectivity index (χ0v) is 23.2. The standard InChI is InChI=1S/C28H36N8O3/c1-6-28(2,3)36-26(31-32-33-36)25(35-13-11-34(12-14-35)18-19-7-9-29-10-8-19)21-15-20-16-23(38-4)24(39-5)17-22(20)30-27(21)37/h7-10,15-17,25H,6,11-14,18H2,1-5H3,(H,30,37). The van der Waals surface area contributed by atoms with E-state index >= 15 is 0 Å². The number of ether oxygens (including phenoxy) is 2. The number of methoxy groups -OCH3 is 2. The second-order valence-corrected chi connectivity index (χ2v) is 10.5. The minimum atomic E-state index is -0.421. The molecule has 1 fully saturated rings. The van der Waals surface area contributed by atoms with Crippen LogP contribution in [0, 0.1) is 0 Å². The van der Waals surface area contributed by atoms with Crippen molar-refractivity contribution in [3.05, 3.63) is 70.0 Å². The van der Waals surface area contributed by atoms with Crippen LogP contribution in [0.5, 0.6) is 11.5 Å². The normalized spacial score (nSPS) is 15.9. The highest BCUT2D eigenvalue weighted by atomic mass is 16.5. The summed E-state index contributed by atoms with van der Waals surface area (Å²) in [6, 6.07) is 9.28. The average molecular weight is 533 g/mol. The number of fused-ring (bicyclic) bond motifs is 1. The predicted molar refractivity (Wildman–Crippen MR) is 148 cm³/mol. The molecule has 4 heterocycles. The lowest BCUT2D eigenvalue weighted by molar-refractivity contribution is 0.0968. The van der Waals surface area contributed by atoms with Gasteiger partial charge in [-0.2, -0.15) is 0 Å². The molecule has 5 rings (SSSR count). The number of aromatic nitrogens is 6. The van der Waals surface area contributed by atoms with Gasteiger partial charge in [-0.05, 0) is 60.5 Å². The highest BCUT2D eigenvalue weighted by Crippen LogP contribution is 2.34. The van der Waals surface area contributed by atoms with Gasteiger partial charge in [0.05, 0.1) is 25.3 Å². The van der Waals surface area contributed by atoms with E-state index in [1.165, 1.54) is 5.56 Å². The third kappa shape index (κ3) is 5.37. The summed E-state index contributed by atoms with van der Waals surface area (Å²) >= 11 is 0. The zero-order chi connectivity index (χ0) is 27.6. The Labute approximate surface area is 227 Å². The van der Waals surface area contributed by atoms with Crippen LogP contribution in [-0.2, 0) is 12.1 Å². The third-order valence-electron chi connectivity index (χ3n) is 7.78. The molecular formula is C28H36N8O3. The van der Waals surface area contributed by atoms with Crippen LogP contribution >= 0.6 is 0 Å². The Kier molecular flexibility index (Phi) is 7.62. The minimum Gasteiger partial charge on any atom is -0.493 e. The number of hydrogen-bond donors (Lipinski definition) is 1. The summed E-state index contributed by atoms with van der Waals surface area (Å²) in [5.74, 6) is 1.82. The van der Waals surface area contributed by atoms with Gasteiger partial charge in [0.2, 0.25) is 0 Å². The maximum Gasteiger partial charge on any atom is 0.253 e. The summed E-state index contributed by atoms with van der Waals surface area (Å²) in [5.41, 5.74) is 2.01. The Morgan fingerprint density at radius 2 is 1.72 bits per heavy atom. The summed E-state index contributed by atoms with van der Waals surface area (Å²) in [4.78, 5) is 25.6. The van der Waals surface area contributed by atoms with Crippen molar-refractivity contribution in [2.24, 2.45) is 0 Å². The first-order valence-corrected chi connectivity index (χ1v) is 13.3. The van der Waals surface area contributed by atoms with Crippen LogP contribution in [0.25, 0.3) is 10.9 Å². The van der Waals surface area contributed by atoms with Crippen molar-refractivity contribution in [3.63, 3.8) is 0 Å². The van der Waals surface area contributed by atoms with Crippen molar-refractivity contribution in [1.82, 2.24) is 40.0 Å². The summed E-state index contributed by atoms with van der Waals surface area (Å²) in [6.07, 6.45) is 4.49. The second kappa shape index (κ2) is 11.1. The second-order valence-electron chi connectivity index (χ2n) is 10.5. The van der Waals surface area contributed by atoms with Crippen molar-refractivity contribution >= 4 is 10.9 Å². The molecule has 0 amide bonds. The smallest absolute Gasteiger partial charge is 0.253 e. The van der Waals surface area contributed by atoms with E-state index in [0.29, 0.717) is 28.4 Å². The van der Waals surface area contributed by atoms with E-state index < -0.39 is 6.04 Å². The van der Waals surface area contributed by atoms with E-state index in [2.05, 4.69) is 56.1 Å². The summed E-state index contributed by atoms with van der Waals surface area (Å²) in [5, 5.41) is 13.8. The molecule has 1 aliphatic rings. The average Bonchev–Trinajstić information content (AvgIpc) is 3.45. The van der Waals surface area contributed by atoms with Crippen molar-refractivity contribution in [2.45, 2.75) is 45.3 Å². The number of tetrazole rings is 1. The predicted octanol–water partition coefficient (Wildman–Crippen LogP) is 2.98. The van der Waals surface area contributed by atoms with Crippen molar-refractivity contribution in [2.75, 3.05) is 40.4 Å². The lowest BCUT2D eigenvalue weighted by Crippen LogP contribution is -2.49. The molecule has 206 valence electrons. The van der Waals surface area contributed by atoms with Crippen LogP contribution < -0.4 is 15.0 Å². The van der Waals surface area contributed by atoms with Gasteiger partial charge >= 0.3 is 0 Å². The quantitative estimate of drug-likeness (QED) is 0.347. The Hall–Kier alpha value is -3.83. The molecule has 1 aliphatic heterocycles. The molecule has 11 nitrogen and oxygen atoms in total. The third-order valence-corrected chi connectivity index (χ3v) is 7.78. The fourth-order valence-corrected chi connectivity index (χ4v) is 5.12. The van der Waals surface area contributed by atoms with Crippen LogP contribution in [0.1, 0.15) is 50.2 Å². The van der Waals surface area contributed by atoms with Gasteiger partial charge in [-0.15, -0.1) is 5.10 Å². The molecule has 3 aromatic heterocycles. The number of H-pyrrole nitrogens is 1. The van der Waals surface area contributed by atoms with Crippen molar-refractivity contribution in [1.29, 1.82) is 0 Å². The highest BCUT2D eigenvalue weighted by Gasteiger charge is 2.35. The molecule has 0 saturated carbocycles. The molecule has 11 heteroatoms. The van der Waals surface area contributed by atoms with Gasteiger partial charge in [-0.3, -0.25) is 19.6 Å². The number of rotatable bonds is 9. The molecule has 0 aliphatic carbocycles. The van der Waals surface area contributed by atoms with Crippen molar-refractivity contribution < 1.29 is 9.47 Å². The van der Waals surface area contributed by atoms with Gasteiger partial charge in [-0.1, -0.05) is 6.92 Å². The van der Waals surface area contributed by atoms with E-state index in [0.717, 1.165) is 44.5 Å². The lowest BCUT2D eigenvalue weighted by atomic mass is 9.98. The topological polar surface area (TPSA) is 114 Å². The number of nitrogens with zero attached hydrogens (tertiary/aromatic N) is 7. The zero-order valence-electron chi connectivity index (χ0n) is 23.2. The Balaban J connectivity index is 1.55. The fraction of sp³-hybridized carbons (Fsp3) is 0.464. The molecule has 1 aromatic carbocycles. The first-order chi connectivity index (χ1) is 18.8. The summed E-state index contributed by atoms with van der Waals surface area (Å²) < 4.78 is 12.8. The van der Waals surface area contributed by atoms with Crippen LogP contribution in [-0.4, -0.2) is 80.4 Å². The molecule has 1 unspecified atom stereocenters. The van der Waals surface area contributed by atoms with Crippen LogP contribution in [0.2, 0.25) is 0 Å². The van der Waals surface area contributed by atoms with Gasteiger partial charge in [0.25, 0.3) is 5.56 Å². The van der Waals surface area contributed by atoms with Gasteiger partial charge < -0.3 is 14.5 Å². The fourth-order valence-electron chi connectivity index (χ4n) is 5.12. The molecule has 0 radical (unpaired) electrons. The van der Waals surface area contributed by atoms with Gasteiger partial charge in [0.15, 0.2) is 17.3 Å². The number of nitrogens with one attached hydrogen (secondary N) is 1. The van der Waals surface area contributed by atoms with E-state index in [9.17, 15) is 4.79 Å². The summed E-state index contributed by atoms with van der Waals surface area (Å²) in [7, 11) is 3.18. The molecule has 39 heavy (non-hydrogen) atoms. The lowest BCUT2D eigenvalue weighted by Gasteiger charge is -2.39. The van der Waals surface area contributed by atoms with Gasteiger partial charge in [0, 0.05) is 62.1 Å². The number of pyridine rings is 2. The van der Waals surface area contributed by atoms with E-state index in [4.69, 9.17) is 9.47 Å². The number of aromatic amines is 1. The minimum absolute atomic E-state index is 0.178. The first kappa shape index (κ1) is 26.8. The largest absolute Gasteiger partial charge is 0.493 e. The van der Waals surface area contributed by atoms with Crippen molar-refractivity contribution in [3.8, 4) is 11.5 Å². The van der Waals surface area contributed by atoms with Gasteiger partial charge in [-0.25, -0.2) is 4.68 Å². The molecule has 4 aromatic rings. The van der Waals surface area contributed by atoms with Gasteiger partial charge in [0.1, 0.15) is 6.04 Å². The van der Waals surface area contributed by atoms with E-state index in [1.807, 2.05) is 41.3 Å².